The molecule has 8 aromatic carbocycles. The summed E-state index contributed by atoms with van der Waals surface area (Å²) in [6.07, 6.45) is 2.32. The Balaban J connectivity index is 1.06. The summed E-state index contributed by atoms with van der Waals surface area (Å²) in [4.78, 5) is 0. The molecule has 14 rings (SSSR count). The molecule has 68 heavy (non-hydrogen) atoms. The van der Waals surface area contributed by atoms with Crippen molar-refractivity contribution in [2.24, 2.45) is 0 Å². The van der Waals surface area contributed by atoms with Crippen LogP contribution < -0.4 is 16.2 Å². The van der Waals surface area contributed by atoms with Gasteiger partial charge in [0, 0.05) is 65.9 Å². The van der Waals surface area contributed by atoms with E-state index < -0.39 is 0 Å². The first-order valence-electron chi connectivity index (χ1n) is 24.7. The van der Waals surface area contributed by atoms with Crippen LogP contribution in [0.3, 0.4) is 0 Å². The van der Waals surface area contributed by atoms with Gasteiger partial charge in [0.1, 0.15) is 22.3 Å². The number of fused-ring (bicyclic) bond motifs is 15. The summed E-state index contributed by atoms with van der Waals surface area (Å²) in [6, 6.07) is 50.5. The standard InChI is InChI=1S/C63H55BN2O2/c1-60(2,3)34-18-20-35(21-19-34)65-51-28-44-43-27-48-49(62(6,7)25-24-61(48,4)5)32-56(43)68-55(44)30-41(51)38-22-23-39-42-26-40-36-14-10-12-16-46(36)63(8,9)47(40)31-52(42)66-53-29-45-37-15-11-13-17-54(37)67-57(45)33-50(53)64-58(38)59(39)66/h10-23,26-33,64-65H,24-25H2,1-9H3. The molecule has 0 amide bonds. The van der Waals surface area contributed by atoms with Crippen molar-refractivity contribution in [1.82, 2.24) is 4.57 Å². The third-order valence-corrected chi connectivity index (χ3v) is 16.8. The third-order valence-electron chi connectivity index (χ3n) is 16.8. The minimum atomic E-state index is -0.133. The summed E-state index contributed by atoms with van der Waals surface area (Å²) in [5.41, 5.74) is 24.2. The van der Waals surface area contributed by atoms with E-state index in [1.165, 1.54) is 88.3 Å². The lowest BCUT2D eigenvalue weighted by atomic mass is 9.59. The van der Waals surface area contributed by atoms with Crippen molar-refractivity contribution in [3.63, 3.8) is 0 Å². The number of furan rings is 2. The maximum atomic E-state index is 7.03. The van der Waals surface area contributed by atoms with E-state index in [0.717, 1.165) is 75.6 Å². The van der Waals surface area contributed by atoms with E-state index in [4.69, 9.17) is 8.83 Å². The maximum Gasteiger partial charge on any atom is 0.198 e. The minimum absolute atomic E-state index is 0.0554. The number of nitrogens with one attached hydrogen (secondary N) is 1. The lowest BCUT2D eigenvalue weighted by Gasteiger charge is -2.41. The van der Waals surface area contributed by atoms with E-state index in [-0.39, 0.29) is 21.7 Å². The van der Waals surface area contributed by atoms with Crippen molar-refractivity contribution < 1.29 is 8.83 Å². The Labute approximate surface area is 398 Å². The van der Waals surface area contributed by atoms with Gasteiger partial charge in [-0.15, -0.1) is 0 Å². The second-order valence-corrected chi connectivity index (χ2v) is 23.3. The first-order valence-corrected chi connectivity index (χ1v) is 24.7. The number of hydrogen-bond donors (Lipinski definition) is 1. The highest BCUT2D eigenvalue weighted by molar-refractivity contribution is 6.73. The van der Waals surface area contributed by atoms with Gasteiger partial charge in [-0.3, -0.25) is 0 Å². The van der Waals surface area contributed by atoms with Crippen LogP contribution in [0.4, 0.5) is 11.4 Å². The second-order valence-electron chi connectivity index (χ2n) is 23.3. The molecule has 0 unspecified atom stereocenters. The zero-order valence-corrected chi connectivity index (χ0v) is 40.6. The fourth-order valence-corrected chi connectivity index (χ4v) is 12.8. The Morgan fingerprint density at radius 2 is 1.19 bits per heavy atom. The molecule has 1 aliphatic heterocycles. The fraction of sp³-hybridized carbons (Fsp3) is 0.238. The van der Waals surface area contributed by atoms with Crippen molar-refractivity contribution in [1.29, 1.82) is 0 Å². The van der Waals surface area contributed by atoms with Crippen LogP contribution in [-0.2, 0) is 21.7 Å². The van der Waals surface area contributed by atoms with Crippen molar-refractivity contribution in [2.45, 2.75) is 96.8 Å². The van der Waals surface area contributed by atoms with E-state index >= 15 is 0 Å². The van der Waals surface area contributed by atoms with Crippen LogP contribution in [0.2, 0.25) is 0 Å². The first-order chi connectivity index (χ1) is 32.5. The van der Waals surface area contributed by atoms with Gasteiger partial charge < -0.3 is 18.7 Å². The summed E-state index contributed by atoms with van der Waals surface area (Å²) >= 11 is 0. The monoisotopic (exact) mass is 882 g/mol. The van der Waals surface area contributed by atoms with Gasteiger partial charge in [0.05, 0.1) is 5.52 Å². The number of benzene rings is 8. The summed E-state index contributed by atoms with van der Waals surface area (Å²) in [6.45, 7) is 21.2. The normalized spacial score (nSPS) is 16.4. The minimum Gasteiger partial charge on any atom is -0.456 e. The number of aromatic nitrogens is 1. The summed E-state index contributed by atoms with van der Waals surface area (Å²) in [5, 5.41) is 11.2. The topological polar surface area (TPSA) is 43.2 Å². The van der Waals surface area contributed by atoms with E-state index in [2.05, 4.69) is 206 Å². The molecule has 0 bridgehead atoms. The molecule has 4 heterocycles. The Morgan fingerprint density at radius 1 is 0.515 bits per heavy atom. The number of nitrogens with zero attached hydrogens (tertiary/aromatic N) is 1. The molecule has 332 valence electrons. The van der Waals surface area contributed by atoms with Gasteiger partial charge in [-0.2, -0.15) is 0 Å². The van der Waals surface area contributed by atoms with Crippen molar-refractivity contribution in [3.8, 4) is 27.9 Å². The SMILES string of the molecule is CC(C)(C)c1ccc(Nc2cc3c(cc2-c2ccc4c5cc6c(cc5n5c4c2Bc2cc4oc7ccccc7c4cc2-5)C(C)(C)c2ccccc2-6)oc2cc4c(cc23)C(C)(C)CCC4(C)C)cc1. The predicted molar refractivity (Wildman–Crippen MR) is 288 cm³/mol. The molecule has 0 saturated carbocycles. The van der Waals surface area contributed by atoms with Gasteiger partial charge in [-0.05, 0) is 146 Å². The van der Waals surface area contributed by atoms with Crippen LogP contribution >= 0.6 is 0 Å². The summed E-state index contributed by atoms with van der Waals surface area (Å²) in [5.74, 6) is 0. The van der Waals surface area contributed by atoms with Crippen LogP contribution in [0.5, 0.6) is 0 Å². The number of para-hydroxylation sites is 1. The molecule has 0 saturated heterocycles. The molecule has 0 atom stereocenters. The highest BCUT2D eigenvalue weighted by atomic mass is 16.3. The maximum absolute atomic E-state index is 7.03. The van der Waals surface area contributed by atoms with Gasteiger partial charge in [0.25, 0.3) is 0 Å². The van der Waals surface area contributed by atoms with Crippen molar-refractivity contribution in [3.05, 3.63) is 161 Å². The number of anilines is 2. The van der Waals surface area contributed by atoms with Gasteiger partial charge >= 0.3 is 0 Å². The van der Waals surface area contributed by atoms with Crippen LogP contribution in [0.1, 0.15) is 103 Å². The predicted octanol–water partition coefficient (Wildman–Crippen LogP) is 15.6. The summed E-state index contributed by atoms with van der Waals surface area (Å²) < 4.78 is 16.2. The average Bonchev–Trinajstić information content (AvgIpc) is 4.02. The Bertz CT molecular complexity index is 4030. The van der Waals surface area contributed by atoms with Gasteiger partial charge in [-0.1, -0.05) is 135 Å². The van der Waals surface area contributed by atoms with Gasteiger partial charge in [-0.25, -0.2) is 0 Å². The molecule has 0 fully saturated rings. The summed E-state index contributed by atoms with van der Waals surface area (Å²) in [7, 11) is 0.758. The Morgan fingerprint density at radius 3 is 1.99 bits per heavy atom. The van der Waals surface area contributed by atoms with Gasteiger partial charge in [0.15, 0.2) is 7.28 Å². The molecule has 0 spiro atoms. The van der Waals surface area contributed by atoms with E-state index in [0.29, 0.717) is 0 Å². The molecule has 2 aliphatic carbocycles. The molecular formula is C63H55BN2O2. The molecule has 1 N–H and O–H groups in total. The molecular weight excluding hydrogens is 828 g/mol. The Kier molecular flexibility index (Phi) is 7.77. The lowest BCUT2D eigenvalue weighted by Crippen LogP contribution is -2.37. The lowest BCUT2D eigenvalue weighted by molar-refractivity contribution is 0.332. The van der Waals surface area contributed by atoms with Crippen LogP contribution in [0.15, 0.2) is 142 Å². The molecule has 0 radical (unpaired) electrons. The highest BCUT2D eigenvalue weighted by Gasteiger charge is 2.39. The highest BCUT2D eigenvalue weighted by Crippen LogP contribution is 2.53. The van der Waals surface area contributed by atoms with Gasteiger partial charge in [0.2, 0.25) is 0 Å². The van der Waals surface area contributed by atoms with E-state index in [9.17, 15) is 0 Å². The molecule has 5 heteroatoms. The third kappa shape index (κ3) is 5.45. The van der Waals surface area contributed by atoms with Crippen LogP contribution in [0.25, 0.3) is 93.6 Å². The molecule has 3 aliphatic rings. The average molecular weight is 883 g/mol. The molecule has 3 aromatic heterocycles. The quantitative estimate of drug-likeness (QED) is 0.180. The van der Waals surface area contributed by atoms with E-state index in [1.54, 1.807) is 0 Å². The molecule has 11 aromatic rings. The zero-order valence-electron chi connectivity index (χ0n) is 40.6. The molecule has 4 nitrogen and oxygen atoms in total. The first kappa shape index (κ1) is 40.1. The second kappa shape index (κ2) is 13.2. The Hall–Kier alpha value is -6.98. The van der Waals surface area contributed by atoms with Crippen LogP contribution in [0, 0.1) is 0 Å². The fourth-order valence-electron chi connectivity index (χ4n) is 12.8. The number of rotatable bonds is 3. The zero-order chi connectivity index (χ0) is 46.4. The number of hydrogen-bond acceptors (Lipinski definition) is 3. The van der Waals surface area contributed by atoms with Crippen molar-refractivity contribution >= 4 is 95.3 Å². The van der Waals surface area contributed by atoms with Crippen molar-refractivity contribution in [2.75, 3.05) is 5.32 Å². The largest absolute Gasteiger partial charge is 0.456 e. The van der Waals surface area contributed by atoms with E-state index in [1.807, 2.05) is 0 Å². The smallest absolute Gasteiger partial charge is 0.198 e. The van der Waals surface area contributed by atoms with Crippen LogP contribution in [-0.4, -0.2) is 11.8 Å².